The summed E-state index contributed by atoms with van der Waals surface area (Å²) in [5.41, 5.74) is 3.82. The molecule has 0 aromatic heterocycles. The van der Waals surface area contributed by atoms with Gasteiger partial charge in [0.25, 0.3) is 5.91 Å². The van der Waals surface area contributed by atoms with Crippen molar-refractivity contribution < 1.29 is 53.2 Å². The molecule has 2 aromatic rings. The lowest BCUT2D eigenvalue weighted by molar-refractivity contribution is -0.175. The van der Waals surface area contributed by atoms with E-state index in [4.69, 9.17) is 14.2 Å². The smallest absolute Gasteiger partial charge is 0.332 e. The molecule has 3 fully saturated rings. The van der Waals surface area contributed by atoms with Gasteiger partial charge in [-0.25, -0.2) is 4.79 Å². The number of unbranched alkanes of at least 4 members (excludes halogenated alkanes) is 2. The number of benzene rings is 2. The number of ether oxygens (including phenoxy) is 3. The molecule has 6 rings (SSSR count). The first kappa shape index (κ1) is 43.9. The molecule has 1 saturated heterocycles. The maximum absolute atomic E-state index is 13.3. The van der Waals surface area contributed by atoms with Crippen molar-refractivity contribution in [2.24, 2.45) is 23.2 Å². The van der Waals surface area contributed by atoms with Gasteiger partial charge in [-0.1, -0.05) is 70.7 Å². The number of amides is 2. The van der Waals surface area contributed by atoms with Gasteiger partial charge >= 0.3 is 17.9 Å². The van der Waals surface area contributed by atoms with Gasteiger partial charge in [-0.15, -0.1) is 0 Å². The number of hydrogen-bond acceptors (Lipinski definition) is 11. The van der Waals surface area contributed by atoms with Crippen LogP contribution in [-0.4, -0.2) is 70.6 Å². The number of carbonyl (C=O) groups is 6. The molecule has 13 heteroatoms. The van der Waals surface area contributed by atoms with Crippen LogP contribution in [0.3, 0.4) is 0 Å². The number of aromatic hydroxyl groups is 2. The van der Waals surface area contributed by atoms with E-state index in [1.807, 2.05) is 26.8 Å². The Bertz CT molecular complexity index is 1910. The van der Waals surface area contributed by atoms with Crippen LogP contribution in [-0.2, 0) is 44.6 Å². The molecule has 2 saturated carbocycles. The summed E-state index contributed by atoms with van der Waals surface area (Å²) in [5, 5.41) is 24.7. The summed E-state index contributed by atoms with van der Waals surface area (Å²) < 4.78 is 16.9. The van der Waals surface area contributed by atoms with E-state index in [0.29, 0.717) is 42.6 Å². The second-order valence-electron chi connectivity index (χ2n) is 16.7. The predicted molar refractivity (Wildman–Crippen MR) is 215 cm³/mol. The summed E-state index contributed by atoms with van der Waals surface area (Å²) >= 11 is 0. The van der Waals surface area contributed by atoms with Crippen LogP contribution in [0.1, 0.15) is 127 Å². The maximum atomic E-state index is 13.3. The molecule has 8 atom stereocenters. The second-order valence-corrected chi connectivity index (χ2v) is 16.7. The van der Waals surface area contributed by atoms with Crippen LogP contribution in [0.25, 0.3) is 0 Å². The van der Waals surface area contributed by atoms with Gasteiger partial charge in [-0.2, -0.15) is 0 Å². The lowest BCUT2D eigenvalue weighted by Crippen LogP contribution is -2.50. The molecule has 8 unspecified atom stereocenters. The molecule has 0 radical (unpaired) electrons. The Balaban J connectivity index is 0.000000264. The lowest BCUT2D eigenvalue weighted by Gasteiger charge is -2.43. The standard InChI is InChI=1S/C27H38N2O9.C18H20O2/c1-6-7-8-10-19-24(38-21(31)13-15(2)3)17(5)37-27(35)22(16(4)36-26(19)34)29-25(33)18-11-9-12-20(23(18)32)28-14-30;1-18-9-8-14-13-5-3-12(19)10-11(13)2-4-15(14)16(18)6-7-17(18)20/h9,11-12,14-17,19,22,24,32H,6-8,10,13H2,1-5H3,(H,28,30)(H,29,33);3-5,10,14,16,19H,2,6-9H2,1H3. The number of hydrogen-bond donors (Lipinski definition) is 4. The minimum absolute atomic E-state index is 0.00114. The van der Waals surface area contributed by atoms with E-state index < -0.39 is 59.8 Å². The highest BCUT2D eigenvalue weighted by atomic mass is 16.6. The molecule has 58 heavy (non-hydrogen) atoms. The number of Topliss-reactive ketones (excluding diaryl/α,β-unsaturated/α-hetero) is 1. The first-order valence-corrected chi connectivity index (χ1v) is 20.6. The topological polar surface area (TPSA) is 195 Å². The zero-order valence-electron chi connectivity index (χ0n) is 34.4. The number of ketones is 1. The summed E-state index contributed by atoms with van der Waals surface area (Å²) in [6.07, 6.45) is 7.18. The van der Waals surface area contributed by atoms with Gasteiger partial charge in [0.1, 0.15) is 23.7 Å². The number of carbonyl (C=O) groups excluding carboxylic acids is 6. The third-order valence-corrected chi connectivity index (χ3v) is 12.1. The van der Waals surface area contributed by atoms with Crippen LogP contribution in [0.4, 0.5) is 5.69 Å². The number of rotatable bonds is 11. The molecule has 314 valence electrons. The van der Waals surface area contributed by atoms with E-state index in [1.165, 1.54) is 48.7 Å². The molecule has 1 heterocycles. The van der Waals surface area contributed by atoms with Crippen molar-refractivity contribution in [3.05, 3.63) is 64.7 Å². The Morgan fingerprint density at radius 1 is 1.02 bits per heavy atom. The van der Waals surface area contributed by atoms with Gasteiger partial charge in [0.2, 0.25) is 6.41 Å². The van der Waals surface area contributed by atoms with Gasteiger partial charge in [0.05, 0.1) is 17.2 Å². The molecular weight excluding hydrogens is 744 g/mol. The summed E-state index contributed by atoms with van der Waals surface area (Å²) in [5.74, 6) is -2.52. The van der Waals surface area contributed by atoms with Crippen molar-refractivity contribution in [3.63, 3.8) is 0 Å². The van der Waals surface area contributed by atoms with Crippen molar-refractivity contribution in [2.45, 2.75) is 136 Å². The van der Waals surface area contributed by atoms with E-state index in [0.717, 1.165) is 44.9 Å². The molecule has 13 nitrogen and oxygen atoms in total. The highest BCUT2D eigenvalue weighted by Gasteiger charge is 2.52. The van der Waals surface area contributed by atoms with E-state index in [9.17, 15) is 39.0 Å². The van der Waals surface area contributed by atoms with E-state index in [-0.39, 0.29) is 29.0 Å². The van der Waals surface area contributed by atoms with Gasteiger partial charge in [0.15, 0.2) is 17.9 Å². The van der Waals surface area contributed by atoms with E-state index in [2.05, 4.69) is 29.7 Å². The minimum atomic E-state index is -1.42. The highest BCUT2D eigenvalue weighted by molar-refractivity contribution is 6.01. The molecule has 4 aliphatic rings. The number of para-hydroxylation sites is 1. The molecule has 0 spiro atoms. The number of phenolic OH excluding ortho intramolecular Hbond substituents is 2. The zero-order valence-corrected chi connectivity index (χ0v) is 34.4. The Kier molecular flexibility index (Phi) is 14.4. The van der Waals surface area contributed by atoms with Crippen LogP contribution in [0.2, 0.25) is 0 Å². The molecule has 1 aliphatic heterocycles. The van der Waals surface area contributed by atoms with Crippen LogP contribution >= 0.6 is 0 Å². The number of anilines is 1. The first-order chi connectivity index (χ1) is 27.6. The second kappa shape index (κ2) is 19.0. The normalized spacial score (nSPS) is 27.7. The first-order valence-electron chi connectivity index (χ1n) is 20.6. The van der Waals surface area contributed by atoms with Crippen molar-refractivity contribution in [3.8, 4) is 11.5 Å². The SMILES string of the molecule is CC12CCC3C(=CCc4cc(O)ccc43)C1CCC2=O.CCCCCC1C(=O)OC(C)C(NC(=O)c2cccc(NC=O)c2O)C(=O)OC(C)C1OC(=O)CC(C)C. The van der Waals surface area contributed by atoms with Gasteiger partial charge in [0, 0.05) is 24.2 Å². The zero-order chi connectivity index (χ0) is 42.3. The third kappa shape index (κ3) is 9.73. The number of esters is 3. The fourth-order valence-corrected chi connectivity index (χ4v) is 8.96. The molecule has 2 amide bonds. The van der Waals surface area contributed by atoms with Crippen LogP contribution in [0, 0.1) is 23.2 Å². The largest absolute Gasteiger partial charge is 0.508 e. The number of nitrogens with one attached hydrogen (secondary N) is 2. The monoisotopic (exact) mass is 802 g/mol. The molecule has 0 bridgehead atoms. The van der Waals surface area contributed by atoms with Gasteiger partial charge in [-0.3, -0.25) is 24.0 Å². The van der Waals surface area contributed by atoms with Crippen molar-refractivity contribution in [1.29, 1.82) is 0 Å². The average Bonchev–Trinajstić information content (AvgIpc) is 3.49. The van der Waals surface area contributed by atoms with Crippen LogP contribution < -0.4 is 10.6 Å². The van der Waals surface area contributed by atoms with Crippen molar-refractivity contribution in [1.82, 2.24) is 5.32 Å². The van der Waals surface area contributed by atoms with E-state index in [1.54, 1.807) is 6.07 Å². The fraction of sp³-hybridized carbons (Fsp3) is 0.556. The summed E-state index contributed by atoms with van der Waals surface area (Å²) in [7, 11) is 0. The molecular formula is C45H58N2O11. The average molecular weight is 803 g/mol. The minimum Gasteiger partial charge on any atom is -0.508 e. The van der Waals surface area contributed by atoms with Crippen molar-refractivity contribution >= 4 is 41.7 Å². The highest BCUT2D eigenvalue weighted by Crippen LogP contribution is 2.58. The quantitative estimate of drug-likeness (QED) is 0.0465. The molecule has 4 N–H and O–H groups in total. The Hall–Kier alpha value is -5.20. The van der Waals surface area contributed by atoms with Crippen LogP contribution in [0.5, 0.6) is 11.5 Å². The lowest BCUT2D eigenvalue weighted by atomic mass is 9.60. The van der Waals surface area contributed by atoms with E-state index >= 15 is 0 Å². The summed E-state index contributed by atoms with van der Waals surface area (Å²) in [4.78, 5) is 74.9. The number of phenols is 2. The summed E-state index contributed by atoms with van der Waals surface area (Å²) in [6, 6.07) is 8.49. The fourth-order valence-electron chi connectivity index (χ4n) is 8.96. The third-order valence-electron chi connectivity index (χ3n) is 12.1. The number of fused-ring (bicyclic) bond motifs is 5. The van der Waals surface area contributed by atoms with Crippen LogP contribution in [0.15, 0.2) is 48.0 Å². The number of allylic oxidation sites excluding steroid dienone is 2. The predicted octanol–water partition coefficient (Wildman–Crippen LogP) is 6.83. The van der Waals surface area contributed by atoms with Gasteiger partial charge in [-0.05, 0) is 93.2 Å². The Labute approximate surface area is 340 Å². The number of cyclic esters (lactones) is 2. The molecule has 3 aliphatic carbocycles. The van der Waals surface area contributed by atoms with Crippen molar-refractivity contribution in [2.75, 3.05) is 5.32 Å². The Morgan fingerprint density at radius 3 is 2.47 bits per heavy atom. The molecule has 2 aromatic carbocycles. The maximum Gasteiger partial charge on any atom is 0.332 e. The summed E-state index contributed by atoms with van der Waals surface area (Å²) in [6.45, 7) is 10.9. The van der Waals surface area contributed by atoms with Gasteiger partial charge < -0.3 is 35.1 Å². The Morgan fingerprint density at radius 2 is 1.76 bits per heavy atom.